The van der Waals surface area contributed by atoms with Crippen LogP contribution < -0.4 is 5.46 Å². The van der Waals surface area contributed by atoms with Crippen LogP contribution in [0.1, 0.15) is 48.5 Å². The van der Waals surface area contributed by atoms with Gasteiger partial charge in [-0.1, -0.05) is 13.8 Å². The Morgan fingerprint density at radius 3 is 2.20 bits per heavy atom. The van der Waals surface area contributed by atoms with Crippen LogP contribution >= 0.6 is 0 Å². The second-order valence-electron chi connectivity index (χ2n) is 5.93. The van der Waals surface area contributed by atoms with Crippen molar-refractivity contribution in [3.05, 3.63) is 12.4 Å². The Bertz CT molecular complexity index is 414. The average Bonchev–Trinajstić information content (AvgIpc) is 2.85. The number of hydrogen-bond donors (Lipinski definition) is 1. The second-order valence-corrected chi connectivity index (χ2v) is 5.93. The van der Waals surface area contributed by atoms with Crippen molar-refractivity contribution < 1.29 is 14.4 Å². The highest BCUT2D eigenvalue weighted by Gasteiger charge is 2.52. The molecular weight excluding hydrogens is 255 g/mol. The summed E-state index contributed by atoms with van der Waals surface area (Å²) in [6.45, 7) is 14.3. The largest absolute Gasteiger partial charge is 0.498 e. The minimum Gasteiger partial charge on any atom is -0.399 e. The van der Waals surface area contributed by atoms with E-state index in [-0.39, 0.29) is 11.2 Å². The smallest absolute Gasteiger partial charge is 0.399 e. The molecule has 1 aromatic rings. The third kappa shape index (κ3) is 3.62. The van der Waals surface area contributed by atoms with Crippen LogP contribution in [-0.4, -0.2) is 39.3 Å². The monoisotopic (exact) mass is 282 g/mol. The molecule has 0 amide bonds. The molecule has 0 spiro atoms. The molecule has 2 rings (SSSR count). The Labute approximate surface area is 122 Å². The molecule has 5 nitrogen and oxygen atoms in total. The molecular formula is C14H27BN2O3. The topological polar surface area (TPSA) is 56.5 Å². The molecule has 6 heteroatoms. The molecule has 1 fully saturated rings. The molecule has 114 valence electrons. The van der Waals surface area contributed by atoms with E-state index in [9.17, 15) is 5.11 Å². The van der Waals surface area contributed by atoms with Crippen LogP contribution in [0.3, 0.4) is 0 Å². The number of aliphatic hydroxyl groups excluding tert-OH is 1. The van der Waals surface area contributed by atoms with Crippen molar-refractivity contribution in [3.63, 3.8) is 0 Å². The zero-order valence-corrected chi connectivity index (χ0v) is 13.7. The van der Waals surface area contributed by atoms with Gasteiger partial charge < -0.3 is 14.4 Å². The molecule has 1 aromatic heterocycles. The van der Waals surface area contributed by atoms with Gasteiger partial charge in [-0.15, -0.1) is 0 Å². The fraction of sp³-hybridized carbons (Fsp3) is 0.786. The summed E-state index contributed by atoms with van der Waals surface area (Å²) in [5.41, 5.74) is 0.197. The highest BCUT2D eigenvalue weighted by molar-refractivity contribution is 6.61. The van der Waals surface area contributed by atoms with Crippen LogP contribution in [0.4, 0.5) is 0 Å². The van der Waals surface area contributed by atoms with Gasteiger partial charge in [0.1, 0.15) is 0 Å². The summed E-state index contributed by atoms with van der Waals surface area (Å²) < 4.78 is 13.6. The lowest BCUT2D eigenvalue weighted by Crippen LogP contribution is -2.41. The molecule has 0 radical (unpaired) electrons. The standard InChI is InChI=1S/C12H21BN2O3.C2H6/c1-9(16)7-15-8-10(6-14-15)13-17-11(2,3)12(4,5)18-13;1-2/h6,8-9,16H,7H2,1-5H3;1-2H3. The van der Waals surface area contributed by atoms with Crippen molar-refractivity contribution in [1.29, 1.82) is 0 Å². The number of aliphatic hydroxyl groups is 1. The molecule has 1 atom stereocenters. The fourth-order valence-corrected chi connectivity index (χ4v) is 1.85. The zero-order valence-electron chi connectivity index (χ0n) is 13.7. The second kappa shape index (κ2) is 6.29. The summed E-state index contributed by atoms with van der Waals surface area (Å²) >= 11 is 0. The van der Waals surface area contributed by atoms with Crippen LogP contribution in [0.5, 0.6) is 0 Å². The number of hydrogen-bond acceptors (Lipinski definition) is 4. The predicted molar refractivity (Wildman–Crippen MR) is 81.0 cm³/mol. The van der Waals surface area contributed by atoms with E-state index < -0.39 is 13.2 Å². The molecule has 1 unspecified atom stereocenters. The van der Waals surface area contributed by atoms with Gasteiger partial charge in [0.05, 0.1) is 23.9 Å². The lowest BCUT2D eigenvalue weighted by Gasteiger charge is -2.32. The van der Waals surface area contributed by atoms with E-state index >= 15 is 0 Å². The van der Waals surface area contributed by atoms with E-state index in [0.29, 0.717) is 6.54 Å². The molecule has 0 aliphatic carbocycles. The maximum absolute atomic E-state index is 9.32. The molecule has 1 aliphatic heterocycles. The van der Waals surface area contributed by atoms with E-state index in [1.807, 2.05) is 47.7 Å². The van der Waals surface area contributed by atoms with Crippen molar-refractivity contribution in [2.24, 2.45) is 0 Å². The minimum atomic E-state index is -0.420. The number of aromatic nitrogens is 2. The normalized spacial score (nSPS) is 21.3. The summed E-state index contributed by atoms with van der Waals surface area (Å²) in [6, 6.07) is 0. The van der Waals surface area contributed by atoms with E-state index in [0.717, 1.165) is 5.46 Å². The third-order valence-electron chi connectivity index (χ3n) is 3.63. The highest BCUT2D eigenvalue weighted by Crippen LogP contribution is 2.36. The van der Waals surface area contributed by atoms with Gasteiger partial charge in [0.15, 0.2) is 0 Å². The van der Waals surface area contributed by atoms with Gasteiger partial charge in [-0.05, 0) is 34.6 Å². The van der Waals surface area contributed by atoms with Gasteiger partial charge in [-0.3, -0.25) is 4.68 Å². The summed E-state index contributed by atoms with van der Waals surface area (Å²) in [6.07, 6.45) is 3.16. The first kappa shape index (κ1) is 17.2. The Balaban J connectivity index is 0.000000956. The maximum atomic E-state index is 9.32. The van der Waals surface area contributed by atoms with Crippen LogP contribution in [0, 0.1) is 0 Å². The first-order chi connectivity index (χ1) is 9.21. The molecule has 0 bridgehead atoms. The third-order valence-corrected chi connectivity index (χ3v) is 3.63. The summed E-state index contributed by atoms with van der Waals surface area (Å²) in [4.78, 5) is 0. The summed E-state index contributed by atoms with van der Waals surface area (Å²) in [5.74, 6) is 0. The van der Waals surface area contributed by atoms with Crippen LogP contribution in [0.15, 0.2) is 12.4 Å². The van der Waals surface area contributed by atoms with Gasteiger partial charge >= 0.3 is 7.12 Å². The van der Waals surface area contributed by atoms with Crippen LogP contribution in [0.25, 0.3) is 0 Å². The summed E-state index contributed by atoms with van der Waals surface area (Å²) in [5, 5.41) is 13.5. The highest BCUT2D eigenvalue weighted by atomic mass is 16.7. The minimum absolute atomic E-state index is 0.343. The van der Waals surface area contributed by atoms with E-state index in [1.165, 1.54) is 0 Å². The SMILES string of the molecule is CC.CC(O)Cn1cc(B2OC(C)(C)C(C)(C)O2)cn1. The maximum Gasteiger partial charge on any atom is 0.498 e. The molecule has 1 saturated heterocycles. The van der Waals surface area contributed by atoms with E-state index in [2.05, 4.69) is 5.10 Å². The molecule has 2 heterocycles. The van der Waals surface area contributed by atoms with E-state index in [1.54, 1.807) is 17.8 Å². The zero-order chi connectivity index (χ0) is 15.6. The lowest BCUT2D eigenvalue weighted by atomic mass is 9.82. The van der Waals surface area contributed by atoms with Crippen LogP contribution in [0.2, 0.25) is 0 Å². The van der Waals surface area contributed by atoms with Gasteiger partial charge in [0, 0.05) is 17.9 Å². The average molecular weight is 282 g/mol. The molecule has 0 saturated carbocycles. The van der Waals surface area contributed by atoms with Crippen molar-refractivity contribution in [2.45, 2.75) is 72.3 Å². The van der Waals surface area contributed by atoms with E-state index in [4.69, 9.17) is 9.31 Å². The molecule has 0 aromatic carbocycles. The molecule has 1 N–H and O–H groups in total. The Morgan fingerprint density at radius 1 is 1.25 bits per heavy atom. The van der Waals surface area contributed by atoms with Gasteiger partial charge in [0.25, 0.3) is 0 Å². The Kier molecular flexibility index (Phi) is 5.41. The fourth-order valence-electron chi connectivity index (χ4n) is 1.85. The van der Waals surface area contributed by atoms with Crippen LogP contribution in [-0.2, 0) is 15.9 Å². The van der Waals surface area contributed by atoms with Crippen molar-refractivity contribution in [3.8, 4) is 0 Å². The Hall–Kier alpha value is -0.845. The first-order valence-corrected chi connectivity index (χ1v) is 7.27. The first-order valence-electron chi connectivity index (χ1n) is 7.27. The van der Waals surface area contributed by atoms with Gasteiger partial charge in [-0.25, -0.2) is 0 Å². The number of rotatable bonds is 3. The molecule has 1 aliphatic rings. The summed E-state index contributed by atoms with van der Waals surface area (Å²) in [7, 11) is -0.391. The lowest BCUT2D eigenvalue weighted by molar-refractivity contribution is 0.00578. The quantitative estimate of drug-likeness (QED) is 0.855. The van der Waals surface area contributed by atoms with Gasteiger partial charge in [0.2, 0.25) is 0 Å². The van der Waals surface area contributed by atoms with Crippen molar-refractivity contribution in [2.75, 3.05) is 0 Å². The molecule has 20 heavy (non-hydrogen) atoms. The Morgan fingerprint density at radius 2 is 1.75 bits per heavy atom. The van der Waals surface area contributed by atoms with Crippen molar-refractivity contribution in [1.82, 2.24) is 9.78 Å². The predicted octanol–water partition coefficient (Wildman–Crippen LogP) is 1.59. The number of nitrogens with zero attached hydrogens (tertiary/aromatic N) is 2. The van der Waals surface area contributed by atoms with Gasteiger partial charge in [-0.2, -0.15) is 5.10 Å². The van der Waals surface area contributed by atoms with Crippen molar-refractivity contribution >= 4 is 12.6 Å².